The summed E-state index contributed by atoms with van der Waals surface area (Å²) >= 11 is 0. The highest BCUT2D eigenvalue weighted by Crippen LogP contribution is 2.11. The van der Waals surface area contributed by atoms with Crippen LogP contribution in [-0.4, -0.2) is 47.6 Å². The summed E-state index contributed by atoms with van der Waals surface area (Å²) in [4.78, 5) is 34.2. The second-order valence-corrected chi connectivity index (χ2v) is 5.65. The Balaban J connectivity index is 1.84. The third kappa shape index (κ3) is 4.80. The molecule has 1 atom stereocenters. The molecule has 1 aromatic rings. The van der Waals surface area contributed by atoms with Gasteiger partial charge in [0.05, 0.1) is 13.0 Å². The summed E-state index contributed by atoms with van der Waals surface area (Å²) in [6, 6.07) is 4.51. The minimum Gasteiger partial charge on any atom is -0.481 e. The van der Waals surface area contributed by atoms with Crippen molar-refractivity contribution in [3.8, 4) is 0 Å². The number of carbonyl (C=O) groups excluding carboxylic acids is 2. The van der Waals surface area contributed by atoms with Crippen molar-refractivity contribution in [1.29, 1.82) is 0 Å². The normalized spacial score (nSPS) is 14.0. The lowest BCUT2D eigenvalue weighted by atomic mass is 9.79. The number of aliphatic carboxylic acids is 1. The van der Waals surface area contributed by atoms with Crippen molar-refractivity contribution in [2.24, 2.45) is 0 Å². The zero-order valence-corrected chi connectivity index (χ0v) is 13.2. The lowest BCUT2D eigenvalue weighted by molar-refractivity contribution is -0.136. The van der Waals surface area contributed by atoms with Crippen molar-refractivity contribution in [2.75, 3.05) is 6.54 Å². The highest BCUT2D eigenvalue weighted by Gasteiger charge is 2.28. The number of benzene rings is 1. The Morgan fingerprint density at radius 3 is 2.83 bits per heavy atom. The van der Waals surface area contributed by atoms with Crippen LogP contribution < -0.4 is 16.1 Å². The van der Waals surface area contributed by atoms with Crippen LogP contribution >= 0.6 is 0 Å². The number of hydrogen-bond acceptors (Lipinski definition) is 5. The van der Waals surface area contributed by atoms with Crippen LogP contribution in [0.5, 0.6) is 0 Å². The molecule has 9 heteroatoms. The Hall–Kier alpha value is -2.39. The number of amides is 2. The topological polar surface area (TPSA) is 125 Å². The number of fused-ring (bicyclic) bond motifs is 1. The van der Waals surface area contributed by atoms with Crippen molar-refractivity contribution >= 4 is 30.4 Å². The molecule has 0 aliphatic carbocycles. The first-order valence-corrected chi connectivity index (χ1v) is 7.58. The van der Waals surface area contributed by atoms with E-state index in [1.807, 2.05) is 0 Å². The molecule has 1 heterocycles. The molecule has 4 N–H and O–H groups in total. The fourth-order valence-corrected chi connectivity index (χ4v) is 2.37. The molecule has 1 aliphatic heterocycles. The lowest BCUT2D eigenvalue weighted by Gasteiger charge is -2.14. The van der Waals surface area contributed by atoms with E-state index in [1.165, 1.54) is 0 Å². The Bertz CT molecular complexity index is 651. The summed E-state index contributed by atoms with van der Waals surface area (Å²) in [5.74, 6) is -1.68. The van der Waals surface area contributed by atoms with Crippen LogP contribution in [0.2, 0.25) is 0 Å². The fourth-order valence-electron chi connectivity index (χ4n) is 2.37. The smallest absolute Gasteiger partial charge is 0.481 e. The highest BCUT2D eigenvalue weighted by molar-refractivity contribution is 6.61. The molecule has 0 saturated carbocycles. The lowest BCUT2D eigenvalue weighted by Crippen LogP contribution is -2.38. The average Bonchev–Trinajstić information content (AvgIpc) is 2.87. The molecule has 2 rings (SSSR count). The molecule has 24 heavy (non-hydrogen) atoms. The molecule has 0 unspecified atom stereocenters. The van der Waals surface area contributed by atoms with Gasteiger partial charge in [-0.25, -0.2) is 0 Å². The Kier molecular flexibility index (Phi) is 5.94. The standard InChI is InChI=1S/C15H19BN2O6/c1-9(6-13(19)17-5-4-14(20)21)18-15(22)10-2-3-11-8-24-16(23)12(11)7-10/h2-3,7,9,23H,4-6,8H2,1H3,(H,17,19)(H,18,22)(H,20,21)/t9-/m0/s1. The second-order valence-electron chi connectivity index (χ2n) is 5.65. The monoisotopic (exact) mass is 334 g/mol. The predicted molar refractivity (Wildman–Crippen MR) is 85.6 cm³/mol. The van der Waals surface area contributed by atoms with E-state index < -0.39 is 19.1 Å². The minimum absolute atomic E-state index is 0.0437. The van der Waals surface area contributed by atoms with Gasteiger partial charge < -0.3 is 25.4 Å². The first-order chi connectivity index (χ1) is 11.4. The second kappa shape index (κ2) is 7.94. The van der Waals surface area contributed by atoms with E-state index in [9.17, 15) is 19.4 Å². The maximum Gasteiger partial charge on any atom is 0.491 e. The van der Waals surface area contributed by atoms with Gasteiger partial charge in [-0.15, -0.1) is 0 Å². The Morgan fingerprint density at radius 1 is 1.38 bits per heavy atom. The van der Waals surface area contributed by atoms with Gasteiger partial charge in [-0.2, -0.15) is 0 Å². The van der Waals surface area contributed by atoms with E-state index in [0.717, 1.165) is 5.56 Å². The zero-order chi connectivity index (χ0) is 17.7. The molecule has 0 aromatic heterocycles. The predicted octanol–water partition coefficient (Wildman–Crippen LogP) is -0.996. The van der Waals surface area contributed by atoms with Gasteiger partial charge in [0.2, 0.25) is 5.91 Å². The van der Waals surface area contributed by atoms with Crippen LogP contribution in [0.15, 0.2) is 18.2 Å². The van der Waals surface area contributed by atoms with Crippen molar-refractivity contribution in [1.82, 2.24) is 10.6 Å². The van der Waals surface area contributed by atoms with Crippen LogP contribution in [-0.2, 0) is 20.9 Å². The molecule has 0 bridgehead atoms. The van der Waals surface area contributed by atoms with Gasteiger partial charge in [0.1, 0.15) is 0 Å². The van der Waals surface area contributed by atoms with E-state index in [2.05, 4.69) is 10.6 Å². The van der Waals surface area contributed by atoms with Gasteiger partial charge in [-0.3, -0.25) is 14.4 Å². The van der Waals surface area contributed by atoms with Crippen LogP contribution in [0.4, 0.5) is 0 Å². The van der Waals surface area contributed by atoms with Crippen LogP contribution in [0.1, 0.15) is 35.7 Å². The van der Waals surface area contributed by atoms with E-state index in [0.29, 0.717) is 17.6 Å². The molecule has 0 spiro atoms. The SMILES string of the molecule is C[C@@H](CC(=O)NCCC(=O)O)NC(=O)c1ccc2c(c1)B(O)OC2. The third-order valence-electron chi connectivity index (χ3n) is 3.60. The van der Waals surface area contributed by atoms with E-state index >= 15 is 0 Å². The number of carboxylic acid groups (broad SMARTS) is 1. The first kappa shape index (κ1) is 18.0. The van der Waals surface area contributed by atoms with E-state index in [1.54, 1.807) is 25.1 Å². The maximum absolute atomic E-state index is 12.2. The maximum atomic E-state index is 12.2. The summed E-state index contributed by atoms with van der Waals surface area (Å²) in [6.45, 7) is 2.04. The number of carbonyl (C=O) groups is 3. The molecule has 128 valence electrons. The summed E-state index contributed by atoms with van der Waals surface area (Å²) in [6.07, 6.45) is -0.103. The fraction of sp³-hybridized carbons (Fsp3) is 0.400. The van der Waals surface area contributed by atoms with Crippen LogP contribution in [0.3, 0.4) is 0 Å². The molecule has 1 aliphatic rings. The zero-order valence-electron chi connectivity index (χ0n) is 13.2. The van der Waals surface area contributed by atoms with Crippen molar-refractivity contribution in [3.05, 3.63) is 29.3 Å². The molecular formula is C15H19BN2O6. The highest BCUT2D eigenvalue weighted by atomic mass is 16.5. The summed E-state index contributed by atoms with van der Waals surface area (Å²) < 4.78 is 5.08. The Labute approximate surface area is 139 Å². The molecule has 0 fully saturated rings. The quantitative estimate of drug-likeness (QED) is 0.474. The van der Waals surface area contributed by atoms with Crippen molar-refractivity contribution in [2.45, 2.75) is 32.4 Å². The molecular weight excluding hydrogens is 315 g/mol. The molecule has 2 amide bonds. The van der Waals surface area contributed by atoms with E-state index in [-0.39, 0.29) is 31.2 Å². The van der Waals surface area contributed by atoms with Gasteiger partial charge >= 0.3 is 13.1 Å². The Morgan fingerprint density at radius 2 is 2.12 bits per heavy atom. The van der Waals surface area contributed by atoms with E-state index in [4.69, 9.17) is 9.76 Å². The van der Waals surface area contributed by atoms with Gasteiger partial charge in [0.25, 0.3) is 5.91 Å². The number of carboxylic acids is 1. The first-order valence-electron chi connectivity index (χ1n) is 7.58. The number of hydrogen-bond donors (Lipinski definition) is 4. The molecule has 1 aromatic carbocycles. The summed E-state index contributed by atoms with van der Waals surface area (Å²) in [7, 11) is -1.02. The average molecular weight is 334 g/mol. The van der Waals surface area contributed by atoms with Gasteiger partial charge in [0, 0.05) is 24.6 Å². The van der Waals surface area contributed by atoms with Gasteiger partial charge in [-0.05, 0) is 30.1 Å². The van der Waals surface area contributed by atoms with Crippen LogP contribution in [0, 0.1) is 0 Å². The van der Waals surface area contributed by atoms with Crippen molar-refractivity contribution in [3.63, 3.8) is 0 Å². The molecule has 0 radical (unpaired) electrons. The largest absolute Gasteiger partial charge is 0.491 e. The van der Waals surface area contributed by atoms with Gasteiger partial charge in [-0.1, -0.05) is 6.07 Å². The third-order valence-corrected chi connectivity index (χ3v) is 3.60. The molecule has 8 nitrogen and oxygen atoms in total. The minimum atomic E-state index is -1.02. The number of rotatable bonds is 7. The number of nitrogens with one attached hydrogen (secondary N) is 2. The summed E-state index contributed by atoms with van der Waals surface area (Å²) in [5, 5.41) is 23.3. The van der Waals surface area contributed by atoms with Crippen LogP contribution in [0.25, 0.3) is 0 Å². The summed E-state index contributed by atoms with van der Waals surface area (Å²) in [5.41, 5.74) is 1.78. The molecule has 0 saturated heterocycles. The van der Waals surface area contributed by atoms with Gasteiger partial charge in [0.15, 0.2) is 0 Å². The van der Waals surface area contributed by atoms with Crippen molar-refractivity contribution < 1.29 is 29.2 Å².